The highest BCUT2D eigenvalue weighted by Crippen LogP contribution is 2.33. The zero-order chi connectivity index (χ0) is 33.5. The fourth-order valence-corrected chi connectivity index (χ4v) is 9.98. The number of para-hydroxylation sites is 2. The molecule has 0 radical (unpaired) electrons. The molecule has 3 aliphatic heterocycles. The van der Waals surface area contributed by atoms with Crippen molar-refractivity contribution < 1.29 is 26.4 Å². The maximum atomic E-state index is 13.7. The first kappa shape index (κ1) is 31.9. The molecule has 3 aliphatic rings. The van der Waals surface area contributed by atoms with E-state index >= 15 is 0 Å². The van der Waals surface area contributed by atoms with Gasteiger partial charge < -0.3 is 9.80 Å². The van der Waals surface area contributed by atoms with Gasteiger partial charge in [-0.3, -0.25) is 18.2 Å². The van der Waals surface area contributed by atoms with Crippen molar-refractivity contribution >= 4 is 43.2 Å². The fraction of sp³-hybridized carbons (Fsp3) is 0.278. The molecule has 48 heavy (non-hydrogen) atoms. The first-order valence-corrected chi connectivity index (χ1v) is 19.0. The third kappa shape index (κ3) is 5.83. The van der Waals surface area contributed by atoms with Crippen molar-refractivity contribution in [2.45, 2.75) is 35.5 Å². The van der Waals surface area contributed by atoms with Crippen LogP contribution >= 0.6 is 0 Å². The predicted molar refractivity (Wildman–Crippen MR) is 183 cm³/mol. The van der Waals surface area contributed by atoms with Gasteiger partial charge in [0.25, 0.3) is 31.9 Å². The molecule has 248 valence electrons. The first-order valence-electron chi connectivity index (χ1n) is 16.1. The molecule has 1 fully saturated rings. The highest BCUT2D eigenvalue weighted by molar-refractivity contribution is 7.93. The molecule has 0 spiro atoms. The van der Waals surface area contributed by atoms with Crippen molar-refractivity contribution in [3.8, 4) is 0 Å². The van der Waals surface area contributed by atoms with Gasteiger partial charge in [-0.1, -0.05) is 48.5 Å². The number of aryl methyl sites for hydroxylation is 2. The van der Waals surface area contributed by atoms with Gasteiger partial charge >= 0.3 is 0 Å². The van der Waals surface area contributed by atoms with Crippen LogP contribution in [-0.4, -0.2) is 77.7 Å². The molecular weight excluding hydrogens is 649 g/mol. The Hall–Kier alpha value is -4.68. The Balaban J connectivity index is 1.03. The van der Waals surface area contributed by atoms with Crippen LogP contribution in [0.5, 0.6) is 0 Å². The number of hydrogen-bond donors (Lipinski definition) is 0. The third-order valence-electron chi connectivity index (χ3n) is 9.33. The summed E-state index contributed by atoms with van der Waals surface area (Å²) in [5, 5.41) is 0. The van der Waals surface area contributed by atoms with Crippen molar-refractivity contribution in [3.63, 3.8) is 0 Å². The van der Waals surface area contributed by atoms with Gasteiger partial charge in [-0.15, -0.1) is 0 Å². The lowest BCUT2D eigenvalue weighted by Gasteiger charge is -2.35. The molecule has 0 aliphatic carbocycles. The van der Waals surface area contributed by atoms with Crippen molar-refractivity contribution in [2.24, 2.45) is 0 Å². The van der Waals surface area contributed by atoms with Crippen LogP contribution in [0.3, 0.4) is 0 Å². The molecule has 4 aromatic carbocycles. The summed E-state index contributed by atoms with van der Waals surface area (Å²) in [7, 11) is -7.77. The quantitative estimate of drug-likeness (QED) is 0.294. The van der Waals surface area contributed by atoms with Gasteiger partial charge in [0.05, 0.1) is 21.2 Å². The number of fused-ring (bicyclic) bond motifs is 2. The van der Waals surface area contributed by atoms with Crippen molar-refractivity contribution in [1.82, 2.24) is 9.80 Å². The number of nitrogens with zero attached hydrogens (tertiary/aromatic N) is 4. The Labute approximate surface area is 281 Å². The van der Waals surface area contributed by atoms with E-state index in [4.69, 9.17) is 0 Å². The molecule has 0 unspecified atom stereocenters. The lowest BCUT2D eigenvalue weighted by Crippen LogP contribution is -2.50. The van der Waals surface area contributed by atoms with E-state index in [0.717, 1.165) is 24.0 Å². The highest BCUT2D eigenvalue weighted by atomic mass is 32.2. The van der Waals surface area contributed by atoms with Gasteiger partial charge in [0.1, 0.15) is 0 Å². The smallest absolute Gasteiger partial charge is 0.264 e. The van der Waals surface area contributed by atoms with E-state index in [1.165, 1.54) is 32.9 Å². The summed E-state index contributed by atoms with van der Waals surface area (Å²) in [6.07, 6.45) is 3.05. The molecule has 3 heterocycles. The molecule has 12 heteroatoms. The maximum absolute atomic E-state index is 13.7. The van der Waals surface area contributed by atoms with E-state index in [1.807, 2.05) is 48.5 Å². The summed E-state index contributed by atoms with van der Waals surface area (Å²) in [4.78, 5) is 30.4. The van der Waals surface area contributed by atoms with Crippen LogP contribution in [0, 0.1) is 0 Å². The Bertz CT molecular complexity index is 1960. The number of carbonyl (C=O) groups is 2. The highest BCUT2D eigenvalue weighted by Gasteiger charge is 2.32. The minimum Gasteiger partial charge on any atom is -0.335 e. The number of rotatable bonds is 6. The summed E-state index contributed by atoms with van der Waals surface area (Å²) >= 11 is 0. The number of amides is 2. The Morgan fingerprint density at radius 3 is 1.29 bits per heavy atom. The zero-order valence-corrected chi connectivity index (χ0v) is 28.0. The van der Waals surface area contributed by atoms with Crippen LogP contribution in [0.1, 0.15) is 44.7 Å². The van der Waals surface area contributed by atoms with E-state index in [9.17, 15) is 26.4 Å². The van der Waals surface area contributed by atoms with Crippen LogP contribution < -0.4 is 8.61 Å². The van der Waals surface area contributed by atoms with Gasteiger partial charge in [-0.2, -0.15) is 0 Å². The van der Waals surface area contributed by atoms with E-state index in [-0.39, 0.29) is 58.9 Å². The summed E-state index contributed by atoms with van der Waals surface area (Å²) in [5.74, 6) is -0.624. The van der Waals surface area contributed by atoms with Gasteiger partial charge in [-0.05, 0) is 85.3 Å². The molecule has 0 aromatic heterocycles. The van der Waals surface area contributed by atoms with E-state index in [1.54, 1.807) is 34.1 Å². The lowest BCUT2D eigenvalue weighted by molar-refractivity contribution is 0.0535. The second-order valence-corrected chi connectivity index (χ2v) is 16.0. The van der Waals surface area contributed by atoms with Gasteiger partial charge in [0.15, 0.2) is 0 Å². The average Bonchev–Trinajstić information content (AvgIpc) is 3.14. The number of benzene rings is 4. The molecule has 1 saturated heterocycles. The first-order chi connectivity index (χ1) is 23.1. The second-order valence-electron chi connectivity index (χ2n) is 12.3. The SMILES string of the molecule is O=C(c1cccc(S(=O)(=O)N2CCCc3ccccc32)c1)N1CCN(C(=O)c2cccc(S(=O)(=O)N3CCCc4ccccc43)c2)CC1. The monoisotopic (exact) mass is 684 g/mol. The Morgan fingerprint density at radius 1 is 0.479 bits per heavy atom. The molecule has 10 nitrogen and oxygen atoms in total. The van der Waals surface area contributed by atoms with Crippen LogP contribution in [-0.2, 0) is 32.9 Å². The van der Waals surface area contributed by atoms with Crippen molar-refractivity contribution in [2.75, 3.05) is 47.9 Å². The molecule has 2 amide bonds. The Morgan fingerprint density at radius 2 is 0.875 bits per heavy atom. The second kappa shape index (κ2) is 12.7. The number of hydrogen-bond acceptors (Lipinski definition) is 6. The largest absolute Gasteiger partial charge is 0.335 e. The van der Waals surface area contributed by atoms with Gasteiger partial charge in [0.2, 0.25) is 0 Å². The number of sulfonamides is 2. The van der Waals surface area contributed by atoms with E-state index in [0.29, 0.717) is 37.3 Å². The molecule has 0 N–H and O–H groups in total. The van der Waals surface area contributed by atoms with E-state index < -0.39 is 20.0 Å². The number of piperazine rings is 1. The molecule has 0 bridgehead atoms. The van der Waals surface area contributed by atoms with E-state index in [2.05, 4.69) is 0 Å². The van der Waals surface area contributed by atoms with Gasteiger partial charge in [0, 0.05) is 50.4 Å². The summed E-state index contributed by atoms with van der Waals surface area (Å²) in [5.41, 5.74) is 3.82. The standard InChI is InChI=1S/C36H36N4O6S2/c41-35(29-11-5-15-31(25-29)47(43,44)39-19-7-13-27-9-1-3-17-33(27)39)37-21-23-38(24-22-37)36(42)30-12-6-16-32(26-30)48(45,46)40-20-8-14-28-10-2-4-18-34(28)40/h1-6,9-12,15-18,25-26H,7-8,13-14,19-24H2. The normalized spacial score (nSPS) is 16.7. The number of anilines is 2. The molecule has 0 saturated carbocycles. The summed E-state index contributed by atoms with van der Waals surface area (Å²) < 4.78 is 57.6. The Kier molecular flexibility index (Phi) is 8.46. The summed E-state index contributed by atoms with van der Waals surface area (Å²) in [6, 6.07) is 27.2. The third-order valence-corrected chi connectivity index (χ3v) is 12.9. The molecule has 7 rings (SSSR count). The molecular formula is C36H36N4O6S2. The minimum atomic E-state index is -3.89. The average molecular weight is 685 g/mol. The zero-order valence-electron chi connectivity index (χ0n) is 26.4. The van der Waals surface area contributed by atoms with Crippen molar-refractivity contribution in [3.05, 3.63) is 119 Å². The fourth-order valence-electron chi connectivity index (χ4n) is 6.81. The minimum absolute atomic E-state index is 0.0572. The lowest BCUT2D eigenvalue weighted by atomic mass is 10.0. The molecule has 4 aromatic rings. The van der Waals surface area contributed by atoms with Crippen LogP contribution in [0.15, 0.2) is 107 Å². The van der Waals surface area contributed by atoms with Crippen LogP contribution in [0.25, 0.3) is 0 Å². The topological polar surface area (TPSA) is 115 Å². The van der Waals surface area contributed by atoms with Gasteiger partial charge in [-0.25, -0.2) is 16.8 Å². The number of carbonyl (C=O) groups excluding carboxylic acids is 2. The maximum Gasteiger partial charge on any atom is 0.264 e. The predicted octanol–water partition coefficient (Wildman–Crippen LogP) is 4.57. The van der Waals surface area contributed by atoms with Crippen LogP contribution in [0.2, 0.25) is 0 Å². The van der Waals surface area contributed by atoms with Crippen LogP contribution in [0.4, 0.5) is 11.4 Å². The molecule has 0 atom stereocenters. The van der Waals surface area contributed by atoms with Crippen molar-refractivity contribution in [1.29, 1.82) is 0 Å². The summed E-state index contributed by atoms with van der Waals surface area (Å²) in [6.45, 7) is 1.75.